The Kier molecular flexibility index (Phi) is 9.99. The van der Waals surface area contributed by atoms with Gasteiger partial charge >= 0.3 is 59.5 Å². The predicted octanol–water partition coefficient (Wildman–Crippen LogP) is 8.62. The first-order valence-corrected chi connectivity index (χ1v) is 10.6. The van der Waals surface area contributed by atoms with Crippen LogP contribution in [0.25, 0.3) is 0 Å². The fourth-order valence-corrected chi connectivity index (χ4v) is 2.92. The summed E-state index contributed by atoms with van der Waals surface area (Å²) in [5, 5.41) is 8.82. The lowest BCUT2D eigenvalue weighted by molar-refractivity contribution is -0.474. The van der Waals surface area contributed by atoms with Gasteiger partial charge in [0, 0.05) is 6.42 Å². The minimum absolute atomic E-state index is 0.250. The molecule has 2 nitrogen and oxygen atoms in total. The van der Waals surface area contributed by atoms with Crippen LogP contribution in [-0.4, -0.2) is 71.2 Å². The van der Waals surface area contributed by atoms with E-state index >= 15 is 0 Å². The van der Waals surface area contributed by atoms with Gasteiger partial charge in [0.1, 0.15) is 5.75 Å². The van der Waals surface area contributed by atoms with E-state index in [0.717, 1.165) is 24.3 Å². The Morgan fingerprint density at radius 3 is 1.12 bits per heavy atom. The van der Waals surface area contributed by atoms with E-state index in [0.29, 0.717) is 0 Å². The molecule has 0 atom stereocenters. The van der Waals surface area contributed by atoms with Crippen LogP contribution in [0.15, 0.2) is 24.3 Å². The number of rotatable bonds is 14. The number of alkyl halides is 21. The average Bonchev–Trinajstić information content (AvgIpc) is 2.85. The van der Waals surface area contributed by atoms with Crippen LogP contribution in [0.3, 0.4) is 0 Å². The molecule has 0 amide bonds. The van der Waals surface area contributed by atoms with Gasteiger partial charge in [-0.2, -0.15) is 92.2 Å². The Hall–Kier alpha value is -2.49. The zero-order chi connectivity index (χ0) is 34.5. The quantitative estimate of drug-likeness (QED) is 0.157. The van der Waals surface area contributed by atoms with Crippen molar-refractivity contribution in [3.8, 4) is 5.75 Å². The number of hydrogen-bond donors (Lipinski definition) is 1. The topological polar surface area (TPSA) is 29.5 Å². The van der Waals surface area contributed by atoms with Crippen molar-refractivity contribution in [2.75, 3.05) is 6.61 Å². The molecule has 0 aromatic heterocycles. The fourth-order valence-electron chi connectivity index (χ4n) is 2.92. The van der Waals surface area contributed by atoms with Gasteiger partial charge in [0.2, 0.25) is 0 Å². The van der Waals surface area contributed by atoms with Gasteiger partial charge in [0.05, 0.1) is 13.2 Å². The Labute approximate surface area is 224 Å². The highest BCUT2D eigenvalue weighted by atomic mass is 19.4. The number of aliphatic hydroxyl groups excluding tert-OH is 1. The molecule has 0 aliphatic rings. The van der Waals surface area contributed by atoms with E-state index in [2.05, 4.69) is 4.74 Å². The molecular weight excluding hydrogens is 671 g/mol. The predicted molar refractivity (Wildman–Crippen MR) is 97.7 cm³/mol. The minimum Gasteiger partial charge on any atom is -0.494 e. The van der Waals surface area contributed by atoms with E-state index in [9.17, 15) is 92.2 Å². The third-order valence-electron chi connectivity index (χ3n) is 5.59. The van der Waals surface area contributed by atoms with E-state index in [-0.39, 0.29) is 11.3 Å². The second-order valence-electron chi connectivity index (χ2n) is 8.55. The van der Waals surface area contributed by atoms with Crippen LogP contribution in [0.5, 0.6) is 5.75 Å². The minimum atomic E-state index is -9.18. The summed E-state index contributed by atoms with van der Waals surface area (Å²) in [5.74, 6) is -77.2. The largest absolute Gasteiger partial charge is 0.494 e. The lowest BCUT2D eigenvalue weighted by atomic mass is 9.85. The molecule has 0 aliphatic heterocycles. The highest BCUT2D eigenvalue weighted by Crippen LogP contribution is 2.66. The summed E-state index contributed by atoms with van der Waals surface area (Å²) < 4.78 is 285. The summed E-state index contributed by atoms with van der Waals surface area (Å²) in [5.41, 5.74) is 0.250. The summed E-state index contributed by atoms with van der Waals surface area (Å²) in [6.45, 7) is -1.67. The van der Waals surface area contributed by atoms with Crippen LogP contribution in [0.1, 0.15) is 18.4 Å². The number of benzene rings is 1. The van der Waals surface area contributed by atoms with Crippen molar-refractivity contribution >= 4 is 0 Å². The monoisotopic (exact) mass is 684 g/mol. The van der Waals surface area contributed by atoms with Crippen LogP contribution in [0.4, 0.5) is 92.2 Å². The van der Waals surface area contributed by atoms with Crippen molar-refractivity contribution in [3.05, 3.63) is 29.8 Å². The Morgan fingerprint density at radius 1 is 0.465 bits per heavy atom. The van der Waals surface area contributed by atoms with Crippen molar-refractivity contribution in [2.45, 2.75) is 78.9 Å². The van der Waals surface area contributed by atoms with E-state index in [1.54, 1.807) is 0 Å². The zero-order valence-electron chi connectivity index (χ0n) is 19.9. The number of halogens is 21. The van der Waals surface area contributed by atoms with Gasteiger partial charge < -0.3 is 9.84 Å². The van der Waals surface area contributed by atoms with Crippen molar-refractivity contribution in [3.63, 3.8) is 0 Å². The molecule has 252 valence electrons. The second kappa shape index (κ2) is 11.1. The van der Waals surface area contributed by atoms with Crippen LogP contribution < -0.4 is 4.74 Å². The first-order valence-electron chi connectivity index (χ1n) is 10.6. The molecule has 1 rings (SSSR count). The molecule has 0 radical (unpaired) electrons. The van der Waals surface area contributed by atoms with Crippen LogP contribution in [0.2, 0.25) is 0 Å². The summed E-state index contributed by atoms with van der Waals surface area (Å²) >= 11 is 0. The lowest BCUT2D eigenvalue weighted by Crippen LogP contribution is -2.76. The number of ether oxygens (including phenoxy) is 1. The standard InChI is InChI=1S/C20H13F21O2/c21-11(22,6-1-7-43-10-4-2-9(8-42)3-5-10)12(23,24)13(25,26)14(27,28)15(29,30)16(31,32)17(33,34)18(35,36)19(37,38)20(39,40)41/h2-5,42H,1,6-8H2. The summed E-state index contributed by atoms with van der Waals surface area (Å²) in [6.07, 6.45) is -12.3. The van der Waals surface area contributed by atoms with Gasteiger partial charge in [-0.25, -0.2) is 0 Å². The second-order valence-corrected chi connectivity index (χ2v) is 8.55. The Balaban J connectivity index is 3.40. The summed E-state index contributed by atoms with van der Waals surface area (Å²) in [4.78, 5) is 0. The normalized spacial score (nSPS) is 15.6. The maximum atomic E-state index is 13.9. The fraction of sp³-hybridized carbons (Fsp3) is 0.700. The average molecular weight is 684 g/mol. The Bertz CT molecular complexity index is 1090. The molecule has 1 aromatic carbocycles. The molecular formula is C20H13F21O2. The van der Waals surface area contributed by atoms with Gasteiger partial charge in [-0.1, -0.05) is 12.1 Å². The van der Waals surface area contributed by atoms with Crippen molar-refractivity contribution in [1.29, 1.82) is 0 Å². The molecule has 0 bridgehead atoms. The number of aliphatic hydroxyl groups is 1. The SMILES string of the molecule is OCc1ccc(OCCCC(F)(F)C(F)(F)C(F)(F)C(F)(F)C(F)(F)C(F)(F)C(F)(F)C(F)(F)C(F)(F)C(F)(F)F)cc1. The first-order chi connectivity index (χ1) is 18.8. The first kappa shape index (κ1) is 38.5. The van der Waals surface area contributed by atoms with E-state index in [4.69, 9.17) is 5.11 Å². The van der Waals surface area contributed by atoms with Crippen LogP contribution >= 0.6 is 0 Å². The molecule has 0 aliphatic carbocycles. The van der Waals surface area contributed by atoms with E-state index in [1.807, 2.05) is 0 Å². The van der Waals surface area contributed by atoms with Crippen molar-refractivity contribution in [2.24, 2.45) is 0 Å². The van der Waals surface area contributed by atoms with E-state index in [1.165, 1.54) is 0 Å². The van der Waals surface area contributed by atoms with E-state index < -0.39 is 85.5 Å². The third kappa shape index (κ3) is 5.73. The summed E-state index contributed by atoms with van der Waals surface area (Å²) in [7, 11) is 0. The van der Waals surface area contributed by atoms with Gasteiger partial charge in [-0.05, 0) is 24.1 Å². The molecule has 1 N–H and O–H groups in total. The molecule has 1 aromatic rings. The molecule has 0 spiro atoms. The molecule has 0 fully saturated rings. The maximum absolute atomic E-state index is 13.9. The third-order valence-corrected chi connectivity index (χ3v) is 5.59. The van der Waals surface area contributed by atoms with Crippen molar-refractivity contribution in [1.82, 2.24) is 0 Å². The van der Waals surface area contributed by atoms with Crippen LogP contribution in [-0.2, 0) is 6.61 Å². The van der Waals surface area contributed by atoms with Crippen LogP contribution in [0, 0.1) is 0 Å². The molecule has 43 heavy (non-hydrogen) atoms. The Morgan fingerprint density at radius 2 is 0.791 bits per heavy atom. The maximum Gasteiger partial charge on any atom is 0.460 e. The number of hydrogen-bond acceptors (Lipinski definition) is 2. The molecule has 0 saturated carbocycles. The smallest absolute Gasteiger partial charge is 0.460 e. The highest BCUT2D eigenvalue weighted by molar-refractivity contribution is 5.26. The lowest BCUT2D eigenvalue weighted by Gasteiger charge is -2.44. The van der Waals surface area contributed by atoms with Crippen molar-refractivity contribution < 1.29 is 102 Å². The van der Waals surface area contributed by atoms with Gasteiger partial charge in [0.15, 0.2) is 0 Å². The molecule has 23 heteroatoms. The molecule has 0 heterocycles. The van der Waals surface area contributed by atoms with Gasteiger partial charge in [-0.3, -0.25) is 0 Å². The molecule has 0 saturated heterocycles. The van der Waals surface area contributed by atoms with Gasteiger partial charge in [-0.15, -0.1) is 0 Å². The van der Waals surface area contributed by atoms with Gasteiger partial charge in [0.25, 0.3) is 0 Å². The zero-order valence-corrected chi connectivity index (χ0v) is 19.9. The highest BCUT2D eigenvalue weighted by Gasteiger charge is 2.97. The summed E-state index contributed by atoms with van der Waals surface area (Å²) in [6, 6.07) is 4.36. The molecule has 0 unspecified atom stereocenters.